The molecule has 0 aliphatic carbocycles. The lowest BCUT2D eigenvalue weighted by Crippen LogP contribution is -2.24. The second-order valence-corrected chi connectivity index (χ2v) is 3.67. The molecule has 1 heterocycles. The smallest absolute Gasteiger partial charge is 0.226 e. The first-order valence-corrected chi connectivity index (χ1v) is 5.56. The first kappa shape index (κ1) is 11.4. The lowest BCUT2D eigenvalue weighted by molar-refractivity contribution is -0.120. The number of likely N-dealkylation sites (N-methyl/N-ethyl adjacent to an activating group) is 1. The molecular weight excluding hydrogens is 216 g/mol. The quantitative estimate of drug-likeness (QED) is 0.874. The highest BCUT2D eigenvalue weighted by atomic mass is 16.5. The number of benzene rings is 1. The lowest BCUT2D eigenvalue weighted by Gasteiger charge is -2.01. The number of hydrogen-bond acceptors (Lipinski definition) is 3. The fraction of sp³-hybridized carbons (Fsp3) is 0.231. The van der Waals surface area contributed by atoms with Gasteiger partial charge in [-0.15, -0.1) is 0 Å². The minimum absolute atomic E-state index is 0.0430. The van der Waals surface area contributed by atoms with Gasteiger partial charge >= 0.3 is 0 Å². The first-order chi connectivity index (χ1) is 8.31. The number of carbonyl (C=O) groups is 1. The highest BCUT2D eigenvalue weighted by Gasteiger charge is 2.13. The number of rotatable bonds is 4. The molecule has 0 fully saturated rings. The molecule has 1 aromatic heterocycles. The van der Waals surface area contributed by atoms with E-state index in [9.17, 15) is 4.79 Å². The van der Waals surface area contributed by atoms with Crippen LogP contribution in [0.15, 0.2) is 41.1 Å². The van der Waals surface area contributed by atoms with Crippen molar-refractivity contribution in [2.24, 2.45) is 0 Å². The molecule has 0 unspecified atom stereocenters. The van der Waals surface area contributed by atoms with E-state index in [0.29, 0.717) is 12.2 Å². The fourth-order valence-corrected chi connectivity index (χ4v) is 1.65. The van der Waals surface area contributed by atoms with Crippen molar-refractivity contribution < 1.29 is 9.32 Å². The van der Waals surface area contributed by atoms with Gasteiger partial charge in [0, 0.05) is 12.1 Å². The van der Waals surface area contributed by atoms with Gasteiger partial charge in [-0.1, -0.05) is 35.5 Å². The zero-order chi connectivity index (χ0) is 12.1. The van der Waals surface area contributed by atoms with Gasteiger partial charge < -0.3 is 9.84 Å². The van der Waals surface area contributed by atoms with Crippen LogP contribution in [0.2, 0.25) is 0 Å². The number of nitrogens with zero attached hydrogens (tertiary/aromatic N) is 1. The predicted octanol–water partition coefficient (Wildman–Crippen LogP) is 2.02. The van der Waals surface area contributed by atoms with Crippen molar-refractivity contribution in [2.45, 2.75) is 13.3 Å². The third-order valence-electron chi connectivity index (χ3n) is 2.43. The summed E-state index contributed by atoms with van der Waals surface area (Å²) in [5.74, 6) is -0.0430. The summed E-state index contributed by atoms with van der Waals surface area (Å²) in [6.45, 7) is 2.51. The van der Waals surface area contributed by atoms with Crippen LogP contribution in [0.25, 0.3) is 11.1 Å². The molecule has 0 aliphatic rings. The lowest BCUT2D eigenvalue weighted by atomic mass is 10.1. The molecular formula is C13H14N2O2. The van der Waals surface area contributed by atoms with E-state index < -0.39 is 0 Å². The van der Waals surface area contributed by atoms with Crippen LogP contribution < -0.4 is 5.32 Å². The molecule has 88 valence electrons. The van der Waals surface area contributed by atoms with Gasteiger partial charge in [0.25, 0.3) is 0 Å². The third-order valence-corrected chi connectivity index (χ3v) is 2.43. The Kier molecular flexibility index (Phi) is 3.55. The number of carbonyl (C=O) groups excluding carboxylic acids is 1. The Morgan fingerprint density at radius 3 is 2.82 bits per heavy atom. The van der Waals surface area contributed by atoms with E-state index in [4.69, 9.17) is 4.52 Å². The molecule has 1 aromatic carbocycles. The number of amides is 1. The van der Waals surface area contributed by atoms with Crippen molar-refractivity contribution in [1.82, 2.24) is 10.5 Å². The summed E-state index contributed by atoms with van der Waals surface area (Å²) >= 11 is 0. The summed E-state index contributed by atoms with van der Waals surface area (Å²) in [5.41, 5.74) is 2.55. The summed E-state index contributed by atoms with van der Waals surface area (Å²) in [7, 11) is 0. The van der Waals surface area contributed by atoms with Crippen LogP contribution in [0.3, 0.4) is 0 Å². The maximum Gasteiger partial charge on any atom is 0.226 e. The summed E-state index contributed by atoms with van der Waals surface area (Å²) in [6, 6.07) is 9.76. The molecule has 4 nitrogen and oxygen atoms in total. The van der Waals surface area contributed by atoms with Crippen molar-refractivity contribution in [3.63, 3.8) is 0 Å². The van der Waals surface area contributed by atoms with Crippen LogP contribution >= 0.6 is 0 Å². The normalized spacial score (nSPS) is 10.2. The highest BCUT2D eigenvalue weighted by Crippen LogP contribution is 2.22. The molecule has 1 N–H and O–H groups in total. The van der Waals surface area contributed by atoms with Crippen molar-refractivity contribution in [2.75, 3.05) is 6.54 Å². The molecule has 0 bridgehead atoms. The van der Waals surface area contributed by atoms with Gasteiger partial charge in [-0.2, -0.15) is 0 Å². The van der Waals surface area contributed by atoms with E-state index in [2.05, 4.69) is 10.5 Å². The van der Waals surface area contributed by atoms with Gasteiger partial charge in [0.1, 0.15) is 12.0 Å². The standard InChI is InChI=1S/C13H14N2O2/c1-2-14-13(16)8-12-11(9-17-15-12)10-6-4-3-5-7-10/h3-7,9H,2,8H2,1H3,(H,14,16). The predicted molar refractivity (Wildman–Crippen MR) is 64.3 cm³/mol. The van der Waals surface area contributed by atoms with E-state index in [1.165, 1.54) is 0 Å². The van der Waals surface area contributed by atoms with Crippen LogP contribution in [-0.4, -0.2) is 17.6 Å². The second kappa shape index (κ2) is 5.30. The molecule has 0 saturated carbocycles. The van der Waals surface area contributed by atoms with E-state index in [1.807, 2.05) is 37.3 Å². The molecule has 0 radical (unpaired) electrons. The summed E-state index contributed by atoms with van der Waals surface area (Å²) < 4.78 is 4.95. The van der Waals surface area contributed by atoms with Crippen molar-refractivity contribution in [3.05, 3.63) is 42.3 Å². The average molecular weight is 230 g/mol. The van der Waals surface area contributed by atoms with Crippen LogP contribution in [0.5, 0.6) is 0 Å². The summed E-state index contributed by atoms with van der Waals surface area (Å²) in [5, 5.41) is 6.62. The summed E-state index contributed by atoms with van der Waals surface area (Å²) in [6.07, 6.45) is 1.82. The van der Waals surface area contributed by atoms with E-state index in [1.54, 1.807) is 6.26 Å². The van der Waals surface area contributed by atoms with E-state index in [0.717, 1.165) is 11.1 Å². The van der Waals surface area contributed by atoms with E-state index in [-0.39, 0.29) is 12.3 Å². The molecule has 1 amide bonds. The molecule has 0 saturated heterocycles. The van der Waals surface area contributed by atoms with Crippen LogP contribution in [-0.2, 0) is 11.2 Å². The Morgan fingerprint density at radius 2 is 2.12 bits per heavy atom. The van der Waals surface area contributed by atoms with Gasteiger partial charge in [-0.3, -0.25) is 4.79 Å². The van der Waals surface area contributed by atoms with Gasteiger partial charge in [0.15, 0.2) is 0 Å². The summed E-state index contributed by atoms with van der Waals surface area (Å²) in [4.78, 5) is 11.5. The Labute approximate surface area is 99.6 Å². The van der Waals surface area contributed by atoms with Crippen molar-refractivity contribution >= 4 is 5.91 Å². The van der Waals surface area contributed by atoms with Gasteiger partial charge in [0.05, 0.1) is 6.42 Å². The van der Waals surface area contributed by atoms with Crippen LogP contribution in [0.4, 0.5) is 0 Å². The first-order valence-electron chi connectivity index (χ1n) is 5.56. The molecule has 2 aromatic rings. The molecule has 2 rings (SSSR count). The Morgan fingerprint density at radius 1 is 1.35 bits per heavy atom. The van der Waals surface area contributed by atoms with Crippen LogP contribution in [0, 0.1) is 0 Å². The van der Waals surface area contributed by atoms with Gasteiger partial charge in [-0.05, 0) is 12.5 Å². The van der Waals surface area contributed by atoms with Gasteiger partial charge in [0.2, 0.25) is 5.91 Å². The minimum Gasteiger partial charge on any atom is -0.364 e. The number of hydrogen-bond donors (Lipinski definition) is 1. The minimum atomic E-state index is -0.0430. The van der Waals surface area contributed by atoms with Crippen LogP contribution in [0.1, 0.15) is 12.6 Å². The molecule has 0 atom stereocenters. The van der Waals surface area contributed by atoms with E-state index >= 15 is 0 Å². The number of aromatic nitrogens is 1. The van der Waals surface area contributed by atoms with Gasteiger partial charge in [-0.25, -0.2) is 0 Å². The molecule has 17 heavy (non-hydrogen) atoms. The topological polar surface area (TPSA) is 55.1 Å². The zero-order valence-electron chi connectivity index (χ0n) is 9.64. The molecule has 4 heteroatoms. The average Bonchev–Trinajstić information content (AvgIpc) is 2.78. The fourth-order valence-electron chi connectivity index (χ4n) is 1.65. The SMILES string of the molecule is CCNC(=O)Cc1nocc1-c1ccccc1. The third kappa shape index (κ3) is 2.72. The monoisotopic (exact) mass is 230 g/mol. The Balaban J connectivity index is 2.20. The molecule has 0 aliphatic heterocycles. The second-order valence-electron chi connectivity index (χ2n) is 3.67. The Hall–Kier alpha value is -2.10. The maximum absolute atomic E-state index is 11.5. The van der Waals surface area contributed by atoms with Crippen molar-refractivity contribution in [1.29, 1.82) is 0 Å². The maximum atomic E-state index is 11.5. The molecule has 0 spiro atoms. The zero-order valence-corrected chi connectivity index (χ0v) is 9.64. The highest BCUT2D eigenvalue weighted by molar-refractivity contribution is 5.80. The number of nitrogens with one attached hydrogen (secondary N) is 1. The largest absolute Gasteiger partial charge is 0.364 e. The Bertz CT molecular complexity index is 491. The van der Waals surface area contributed by atoms with Crippen molar-refractivity contribution in [3.8, 4) is 11.1 Å².